The summed E-state index contributed by atoms with van der Waals surface area (Å²) < 4.78 is 29.3. The standard InChI is InChI=1S/C13H17ClF2N2O/c1-9-7-17-4-5-18(9)8-10-6-11(14)2-3-12(10)19-13(15)16/h2-3,6,9,13,17H,4-5,7-8H2,1H3. The van der Waals surface area contributed by atoms with Crippen LogP contribution in [0.25, 0.3) is 0 Å². The fraction of sp³-hybridized carbons (Fsp3) is 0.538. The van der Waals surface area contributed by atoms with Gasteiger partial charge in [-0.05, 0) is 25.1 Å². The Kier molecular flexibility index (Phi) is 4.96. The maximum absolute atomic E-state index is 12.4. The second-order valence-electron chi connectivity index (χ2n) is 4.65. The molecule has 0 saturated carbocycles. The van der Waals surface area contributed by atoms with E-state index in [4.69, 9.17) is 11.6 Å². The van der Waals surface area contributed by atoms with Gasteiger partial charge in [0, 0.05) is 42.8 Å². The van der Waals surface area contributed by atoms with Crippen LogP contribution in [0.2, 0.25) is 5.02 Å². The first kappa shape index (κ1) is 14.5. The van der Waals surface area contributed by atoms with Crippen LogP contribution in [-0.4, -0.2) is 37.2 Å². The molecule has 0 bridgehead atoms. The van der Waals surface area contributed by atoms with Crippen LogP contribution in [0, 0.1) is 0 Å². The number of nitrogens with one attached hydrogen (secondary N) is 1. The van der Waals surface area contributed by atoms with Crippen molar-refractivity contribution in [1.82, 2.24) is 10.2 Å². The Morgan fingerprint density at radius 1 is 1.53 bits per heavy atom. The summed E-state index contributed by atoms with van der Waals surface area (Å²) in [5.74, 6) is 0.199. The van der Waals surface area contributed by atoms with E-state index in [0.717, 1.165) is 19.6 Å². The van der Waals surface area contributed by atoms with E-state index < -0.39 is 6.61 Å². The smallest absolute Gasteiger partial charge is 0.387 e. The van der Waals surface area contributed by atoms with Crippen LogP contribution in [-0.2, 0) is 6.54 Å². The maximum atomic E-state index is 12.4. The van der Waals surface area contributed by atoms with E-state index in [1.807, 2.05) is 0 Å². The molecule has 0 aliphatic carbocycles. The second-order valence-corrected chi connectivity index (χ2v) is 5.09. The lowest BCUT2D eigenvalue weighted by molar-refractivity contribution is -0.0509. The van der Waals surface area contributed by atoms with Crippen molar-refractivity contribution in [3.8, 4) is 5.75 Å². The maximum Gasteiger partial charge on any atom is 0.387 e. The van der Waals surface area contributed by atoms with Crippen LogP contribution in [0.1, 0.15) is 12.5 Å². The topological polar surface area (TPSA) is 24.5 Å². The molecule has 0 spiro atoms. The zero-order chi connectivity index (χ0) is 13.8. The van der Waals surface area contributed by atoms with Crippen molar-refractivity contribution < 1.29 is 13.5 Å². The summed E-state index contributed by atoms with van der Waals surface area (Å²) in [5.41, 5.74) is 0.696. The van der Waals surface area contributed by atoms with E-state index in [0.29, 0.717) is 23.2 Å². The average Bonchev–Trinajstić information content (AvgIpc) is 2.35. The van der Waals surface area contributed by atoms with Crippen molar-refractivity contribution >= 4 is 11.6 Å². The Labute approximate surface area is 116 Å². The first-order valence-electron chi connectivity index (χ1n) is 6.24. The van der Waals surface area contributed by atoms with Crippen LogP contribution in [0.15, 0.2) is 18.2 Å². The van der Waals surface area contributed by atoms with Crippen LogP contribution in [0.4, 0.5) is 8.78 Å². The summed E-state index contributed by atoms with van der Waals surface area (Å²) in [6, 6.07) is 5.10. The molecule has 0 aromatic heterocycles. The number of alkyl halides is 2. The van der Waals surface area contributed by atoms with Crippen molar-refractivity contribution in [2.45, 2.75) is 26.1 Å². The minimum Gasteiger partial charge on any atom is -0.434 e. The monoisotopic (exact) mass is 290 g/mol. The molecule has 19 heavy (non-hydrogen) atoms. The van der Waals surface area contributed by atoms with E-state index in [9.17, 15) is 8.78 Å². The summed E-state index contributed by atoms with van der Waals surface area (Å²) in [6.45, 7) is 2.51. The van der Waals surface area contributed by atoms with Gasteiger partial charge in [0.05, 0.1) is 0 Å². The molecule has 106 valence electrons. The van der Waals surface area contributed by atoms with Crippen molar-refractivity contribution in [2.24, 2.45) is 0 Å². The molecule has 3 nitrogen and oxygen atoms in total. The van der Waals surface area contributed by atoms with Gasteiger partial charge in [-0.3, -0.25) is 4.90 Å². The Bertz CT molecular complexity index is 431. The molecule has 0 amide bonds. The van der Waals surface area contributed by atoms with E-state index >= 15 is 0 Å². The molecule has 1 aromatic carbocycles. The highest BCUT2D eigenvalue weighted by Gasteiger charge is 2.20. The SMILES string of the molecule is CC1CNCCN1Cc1cc(Cl)ccc1OC(F)F. The number of nitrogens with zero attached hydrogens (tertiary/aromatic N) is 1. The minimum atomic E-state index is -2.82. The molecule has 1 aromatic rings. The fourth-order valence-corrected chi connectivity index (χ4v) is 2.41. The normalized spacial score (nSPS) is 20.8. The quantitative estimate of drug-likeness (QED) is 0.923. The Morgan fingerprint density at radius 3 is 3.00 bits per heavy atom. The van der Waals surface area contributed by atoms with Gasteiger partial charge in [0.1, 0.15) is 5.75 Å². The molecule has 1 unspecified atom stereocenters. The third-order valence-electron chi connectivity index (χ3n) is 3.25. The second kappa shape index (κ2) is 6.50. The van der Waals surface area contributed by atoms with Gasteiger partial charge in [0.25, 0.3) is 0 Å². The van der Waals surface area contributed by atoms with Gasteiger partial charge >= 0.3 is 6.61 Å². The first-order chi connectivity index (χ1) is 9.06. The van der Waals surface area contributed by atoms with E-state index in [1.54, 1.807) is 12.1 Å². The first-order valence-corrected chi connectivity index (χ1v) is 6.62. The third-order valence-corrected chi connectivity index (χ3v) is 3.49. The van der Waals surface area contributed by atoms with Crippen molar-refractivity contribution in [2.75, 3.05) is 19.6 Å². The van der Waals surface area contributed by atoms with Gasteiger partial charge in [0.2, 0.25) is 0 Å². The number of piperazine rings is 1. The molecular weight excluding hydrogens is 274 g/mol. The lowest BCUT2D eigenvalue weighted by Gasteiger charge is -2.34. The number of halogens is 3. The van der Waals surface area contributed by atoms with Gasteiger partial charge in [0.15, 0.2) is 0 Å². The summed E-state index contributed by atoms with van der Waals surface area (Å²) in [5, 5.41) is 3.82. The molecule has 6 heteroatoms. The largest absolute Gasteiger partial charge is 0.434 e. The van der Waals surface area contributed by atoms with Gasteiger partial charge < -0.3 is 10.1 Å². The predicted octanol–water partition coefficient (Wildman–Crippen LogP) is 2.74. The summed E-state index contributed by atoms with van der Waals surface area (Å²) in [7, 11) is 0. The Balaban J connectivity index is 2.15. The van der Waals surface area contributed by atoms with Gasteiger partial charge in [-0.15, -0.1) is 0 Å². The molecule has 2 rings (SSSR count). The Hall–Kier alpha value is -0.910. The highest BCUT2D eigenvalue weighted by Crippen LogP contribution is 2.26. The number of hydrogen-bond acceptors (Lipinski definition) is 3. The molecule has 1 aliphatic rings. The van der Waals surface area contributed by atoms with E-state index in [1.165, 1.54) is 6.07 Å². The molecule has 1 N–H and O–H groups in total. The van der Waals surface area contributed by atoms with Crippen LogP contribution in [0.3, 0.4) is 0 Å². The van der Waals surface area contributed by atoms with Crippen molar-refractivity contribution in [3.63, 3.8) is 0 Å². The molecule has 0 radical (unpaired) electrons. The molecule has 1 aliphatic heterocycles. The van der Waals surface area contributed by atoms with E-state index in [2.05, 4.69) is 21.9 Å². The molecular formula is C13H17ClF2N2O. The summed E-state index contributed by atoms with van der Waals surface area (Å²) >= 11 is 5.93. The summed E-state index contributed by atoms with van der Waals surface area (Å²) in [4.78, 5) is 2.22. The highest BCUT2D eigenvalue weighted by atomic mass is 35.5. The van der Waals surface area contributed by atoms with Gasteiger partial charge in [-0.1, -0.05) is 11.6 Å². The zero-order valence-electron chi connectivity index (χ0n) is 10.7. The zero-order valence-corrected chi connectivity index (χ0v) is 11.5. The van der Waals surface area contributed by atoms with Crippen LogP contribution in [0.5, 0.6) is 5.75 Å². The number of benzene rings is 1. The van der Waals surface area contributed by atoms with Crippen LogP contribution < -0.4 is 10.1 Å². The summed E-state index contributed by atoms with van der Waals surface area (Å²) in [6.07, 6.45) is 0. The highest BCUT2D eigenvalue weighted by molar-refractivity contribution is 6.30. The number of ether oxygens (including phenoxy) is 1. The number of rotatable bonds is 4. The number of hydrogen-bond donors (Lipinski definition) is 1. The fourth-order valence-electron chi connectivity index (χ4n) is 2.22. The predicted molar refractivity (Wildman–Crippen MR) is 70.8 cm³/mol. The third kappa shape index (κ3) is 4.03. The Morgan fingerprint density at radius 2 is 2.32 bits per heavy atom. The lowest BCUT2D eigenvalue weighted by Crippen LogP contribution is -2.49. The van der Waals surface area contributed by atoms with Gasteiger partial charge in [-0.25, -0.2) is 0 Å². The molecule has 1 heterocycles. The molecule has 1 fully saturated rings. The minimum absolute atomic E-state index is 0.199. The average molecular weight is 291 g/mol. The molecule has 1 atom stereocenters. The van der Waals surface area contributed by atoms with E-state index in [-0.39, 0.29) is 5.75 Å². The molecule has 1 saturated heterocycles. The van der Waals surface area contributed by atoms with Crippen molar-refractivity contribution in [1.29, 1.82) is 0 Å². The van der Waals surface area contributed by atoms with Crippen LogP contribution >= 0.6 is 11.6 Å². The van der Waals surface area contributed by atoms with Gasteiger partial charge in [-0.2, -0.15) is 8.78 Å². The van der Waals surface area contributed by atoms with Crippen molar-refractivity contribution in [3.05, 3.63) is 28.8 Å². The lowest BCUT2D eigenvalue weighted by atomic mass is 10.1.